The number of aliphatic hydroxyl groups excluding tert-OH is 1. The maximum absolute atomic E-state index is 12.6. The third-order valence-corrected chi connectivity index (χ3v) is 6.46. The van der Waals surface area contributed by atoms with Crippen LogP contribution in [0.3, 0.4) is 0 Å². The van der Waals surface area contributed by atoms with Gasteiger partial charge in [0.1, 0.15) is 0 Å². The minimum absolute atomic E-state index is 0.0410. The van der Waals surface area contributed by atoms with E-state index in [0.717, 1.165) is 31.2 Å². The predicted molar refractivity (Wildman–Crippen MR) is 97.0 cm³/mol. The molecule has 2 N–H and O–H groups in total. The highest BCUT2D eigenvalue weighted by Crippen LogP contribution is 2.24. The van der Waals surface area contributed by atoms with Gasteiger partial charge in [-0.1, -0.05) is 49.6 Å². The molecular weight excluding hydrogens is 324 g/mol. The molecule has 1 aliphatic carbocycles. The minimum atomic E-state index is -3.50. The van der Waals surface area contributed by atoms with Gasteiger partial charge in [-0.2, -0.15) is 12.7 Å². The second-order valence-corrected chi connectivity index (χ2v) is 8.67. The topological polar surface area (TPSA) is 69.6 Å². The van der Waals surface area contributed by atoms with Crippen LogP contribution >= 0.6 is 0 Å². The van der Waals surface area contributed by atoms with Gasteiger partial charge in [0.15, 0.2) is 0 Å². The summed E-state index contributed by atoms with van der Waals surface area (Å²) in [5.74, 6) is -0.0410. The number of benzene rings is 1. The van der Waals surface area contributed by atoms with Gasteiger partial charge in [0, 0.05) is 19.6 Å². The van der Waals surface area contributed by atoms with E-state index in [1.165, 1.54) is 10.7 Å². The van der Waals surface area contributed by atoms with E-state index in [0.29, 0.717) is 13.0 Å². The smallest absolute Gasteiger partial charge is 0.279 e. The molecule has 0 saturated heterocycles. The molecule has 0 aliphatic heterocycles. The van der Waals surface area contributed by atoms with Gasteiger partial charge < -0.3 is 5.11 Å². The zero-order valence-corrected chi connectivity index (χ0v) is 15.5. The molecule has 136 valence electrons. The first-order chi connectivity index (χ1) is 11.4. The van der Waals surface area contributed by atoms with E-state index in [9.17, 15) is 13.5 Å². The van der Waals surface area contributed by atoms with Crippen LogP contribution in [0, 0.1) is 0 Å². The lowest BCUT2D eigenvalue weighted by Gasteiger charge is -2.31. The van der Waals surface area contributed by atoms with Crippen LogP contribution in [0.4, 0.5) is 0 Å². The summed E-state index contributed by atoms with van der Waals surface area (Å²) in [6.45, 7) is 2.03. The standard InChI is InChI=1S/C18H30N2O3S/c1-15(21)13-17(16-9-5-3-6-10-16)14-19-24(22,23)20(2)18-11-7-4-8-12-18/h3,5-6,9-10,15,17-19,21H,4,7-8,11-14H2,1-2H3/t15-,17+/m0/s1. The Morgan fingerprint density at radius 2 is 1.83 bits per heavy atom. The predicted octanol–water partition coefficient (Wildman–Crippen LogP) is 2.64. The molecule has 0 heterocycles. The number of rotatable bonds is 8. The van der Waals surface area contributed by atoms with Crippen LogP contribution in [0.2, 0.25) is 0 Å². The van der Waals surface area contributed by atoms with Crippen LogP contribution in [0.5, 0.6) is 0 Å². The lowest BCUT2D eigenvalue weighted by Crippen LogP contribution is -2.46. The third-order valence-electron chi connectivity index (χ3n) is 4.88. The maximum Gasteiger partial charge on any atom is 0.279 e. The van der Waals surface area contributed by atoms with Crippen LogP contribution in [0.15, 0.2) is 30.3 Å². The number of hydrogen-bond donors (Lipinski definition) is 2. The number of hydrogen-bond acceptors (Lipinski definition) is 3. The second-order valence-electron chi connectivity index (χ2n) is 6.85. The van der Waals surface area contributed by atoms with E-state index in [2.05, 4.69) is 4.72 Å². The Bertz CT molecular complexity index is 584. The lowest BCUT2D eigenvalue weighted by molar-refractivity contribution is 0.174. The SMILES string of the molecule is C[C@H](O)C[C@H](CNS(=O)(=O)N(C)C1CCCCC1)c1ccccc1. The number of nitrogens with zero attached hydrogens (tertiary/aromatic N) is 1. The average Bonchev–Trinajstić information content (AvgIpc) is 2.59. The van der Waals surface area contributed by atoms with Gasteiger partial charge in [-0.3, -0.25) is 0 Å². The summed E-state index contributed by atoms with van der Waals surface area (Å²) in [5.41, 5.74) is 1.04. The molecule has 1 aromatic rings. The van der Waals surface area contributed by atoms with E-state index >= 15 is 0 Å². The van der Waals surface area contributed by atoms with Gasteiger partial charge in [0.25, 0.3) is 10.2 Å². The summed E-state index contributed by atoms with van der Waals surface area (Å²) in [6, 6.07) is 9.87. The molecule has 0 amide bonds. The van der Waals surface area contributed by atoms with Crippen LogP contribution in [-0.4, -0.2) is 43.6 Å². The van der Waals surface area contributed by atoms with Crippen molar-refractivity contribution >= 4 is 10.2 Å². The maximum atomic E-state index is 12.6. The Morgan fingerprint density at radius 1 is 1.21 bits per heavy atom. The third kappa shape index (κ3) is 5.55. The van der Waals surface area contributed by atoms with Gasteiger partial charge in [0.05, 0.1) is 6.10 Å². The van der Waals surface area contributed by atoms with Crippen molar-refractivity contribution in [2.24, 2.45) is 0 Å². The molecule has 1 fully saturated rings. The van der Waals surface area contributed by atoms with Crippen LogP contribution in [-0.2, 0) is 10.2 Å². The van der Waals surface area contributed by atoms with Gasteiger partial charge in [-0.15, -0.1) is 0 Å². The molecule has 6 heteroatoms. The fourth-order valence-electron chi connectivity index (χ4n) is 3.42. The minimum Gasteiger partial charge on any atom is -0.393 e. The molecule has 1 saturated carbocycles. The first-order valence-corrected chi connectivity index (χ1v) is 10.3. The van der Waals surface area contributed by atoms with E-state index in [1.807, 2.05) is 30.3 Å². The fourth-order valence-corrected chi connectivity index (χ4v) is 4.64. The Kier molecular flexibility index (Phi) is 7.22. The molecule has 24 heavy (non-hydrogen) atoms. The molecule has 0 aromatic heterocycles. The highest BCUT2D eigenvalue weighted by Gasteiger charge is 2.28. The Balaban J connectivity index is 2.01. The largest absolute Gasteiger partial charge is 0.393 e. The number of aliphatic hydroxyl groups is 1. The molecule has 0 unspecified atom stereocenters. The van der Waals surface area contributed by atoms with Crippen molar-refractivity contribution < 1.29 is 13.5 Å². The Hall–Kier alpha value is -0.950. The molecule has 1 aromatic carbocycles. The average molecular weight is 355 g/mol. The van der Waals surface area contributed by atoms with E-state index in [-0.39, 0.29) is 12.0 Å². The molecular formula is C18H30N2O3S. The first kappa shape index (κ1) is 19.4. The summed E-state index contributed by atoms with van der Waals surface area (Å²) in [7, 11) is -1.83. The van der Waals surface area contributed by atoms with Gasteiger partial charge in [-0.25, -0.2) is 4.72 Å². The summed E-state index contributed by atoms with van der Waals surface area (Å²) in [6.07, 6.45) is 5.32. The van der Waals surface area contributed by atoms with Gasteiger partial charge >= 0.3 is 0 Å². The summed E-state index contributed by atoms with van der Waals surface area (Å²) in [4.78, 5) is 0. The van der Waals surface area contributed by atoms with E-state index in [4.69, 9.17) is 0 Å². The highest BCUT2D eigenvalue weighted by atomic mass is 32.2. The molecule has 5 nitrogen and oxygen atoms in total. The molecule has 0 spiro atoms. The quantitative estimate of drug-likeness (QED) is 0.754. The van der Waals surface area contributed by atoms with Gasteiger partial charge in [-0.05, 0) is 37.7 Å². The van der Waals surface area contributed by atoms with Crippen molar-refractivity contribution in [3.8, 4) is 0 Å². The van der Waals surface area contributed by atoms with Crippen LogP contribution in [0.25, 0.3) is 0 Å². The normalized spacial score (nSPS) is 19.3. The zero-order chi connectivity index (χ0) is 17.6. The van der Waals surface area contributed by atoms with Crippen LogP contribution < -0.4 is 4.72 Å². The lowest BCUT2D eigenvalue weighted by atomic mass is 9.94. The van der Waals surface area contributed by atoms with Crippen molar-refractivity contribution in [3.63, 3.8) is 0 Å². The monoisotopic (exact) mass is 354 g/mol. The summed E-state index contributed by atoms with van der Waals surface area (Å²) >= 11 is 0. The van der Waals surface area contributed by atoms with Crippen molar-refractivity contribution in [3.05, 3.63) is 35.9 Å². The van der Waals surface area contributed by atoms with Gasteiger partial charge in [0.2, 0.25) is 0 Å². The van der Waals surface area contributed by atoms with Crippen LogP contribution in [0.1, 0.15) is 56.9 Å². The van der Waals surface area contributed by atoms with Crippen molar-refractivity contribution in [2.45, 2.75) is 63.5 Å². The molecule has 0 radical (unpaired) electrons. The Labute approximate surface area is 146 Å². The number of nitrogens with one attached hydrogen (secondary N) is 1. The van der Waals surface area contributed by atoms with E-state index < -0.39 is 16.3 Å². The second kappa shape index (κ2) is 8.94. The molecule has 2 rings (SSSR count). The highest BCUT2D eigenvalue weighted by molar-refractivity contribution is 7.87. The molecule has 2 atom stereocenters. The molecule has 0 bridgehead atoms. The van der Waals surface area contributed by atoms with Crippen molar-refractivity contribution in [2.75, 3.05) is 13.6 Å². The summed E-state index contributed by atoms with van der Waals surface area (Å²) < 4.78 is 29.5. The summed E-state index contributed by atoms with van der Waals surface area (Å²) in [5, 5.41) is 9.74. The van der Waals surface area contributed by atoms with E-state index in [1.54, 1.807) is 14.0 Å². The Morgan fingerprint density at radius 3 is 2.42 bits per heavy atom. The van der Waals surface area contributed by atoms with Crippen molar-refractivity contribution in [1.82, 2.24) is 9.03 Å². The van der Waals surface area contributed by atoms with Crippen molar-refractivity contribution in [1.29, 1.82) is 0 Å². The fraction of sp³-hybridized carbons (Fsp3) is 0.667. The zero-order valence-electron chi connectivity index (χ0n) is 14.7. The first-order valence-electron chi connectivity index (χ1n) is 8.86. The molecule has 1 aliphatic rings.